The fraction of sp³-hybridized carbons (Fsp3) is 0.375. The van der Waals surface area contributed by atoms with Gasteiger partial charge in [-0.15, -0.1) is 6.42 Å². The summed E-state index contributed by atoms with van der Waals surface area (Å²) in [7, 11) is 1.73. The first-order chi connectivity index (χ1) is 4.66. The topological polar surface area (TPSA) is 20.3 Å². The molecule has 0 aromatic carbocycles. The molecule has 0 N–H and O–H groups in total. The van der Waals surface area contributed by atoms with Crippen molar-refractivity contribution in [1.82, 2.24) is 4.90 Å². The summed E-state index contributed by atoms with van der Waals surface area (Å²) in [5.74, 6) is 2.42. The number of rotatable bonds is 0. The molecule has 1 aliphatic rings. The zero-order chi connectivity index (χ0) is 7.72. The molecule has 1 fully saturated rings. The van der Waals surface area contributed by atoms with Crippen molar-refractivity contribution in [3.8, 4) is 12.3 Å². The number of likely N-dealkylation sites (N-methyl/N-ethyl adjacent to an activating group) is 1. The van der Waals surface area contributed by atoms with Crippen LogP contribution in [0.15, 0.2) is 12.2 Å². The van der Waals surface area contributed by atoms with E-state index in [0.717, 1.165) is 0 Å². The molecule has 1 amide bonds. The Labute approximate surface area is 60.5 Å². The molecule has 0 aliphatic carbocycles. The summed E-state index contributed by atoms with van der Waals surface area (Å²) < 4.78 is 0. The highest BCUT2D eigenvalue weighted by atomic mass is 16.2. The average Bonchev–Trinajstić information content (AvgIpc) is 2.17. The van der Waals surface area contributed by atoms with Gasteiger partial charge < -0.3 is 4.90 Å². The lowest BCUT2D eigenvalue weighted by Crippen LogP contribution is -2.19. The first kappa shape index (κ1) is 6.88. The van der Waals surface area contributed by atoms with Crippen LogP contribution in [0, 0.1) is 18.3 Å². The monoisotopic (exact) mass is 135 g/mol. The highest BCUT2D eigenvalue weighted by molar-refractivity contribution is 5.96. The van der Waals surface area contributed by atoms with Crippen LogP contribution < -0.4 is 0 Å². The minimum atomic E-state index is -0.0718. The summed E-state index contributed by atoms with van der Waals surface area (Å²) in [6.07, 6.45) is 5.16. The zero-order valence-corrected chi connectivity index (χ0v) is 5.92. The van der Waals surface area contributed by atoms with Crippen LogP contribution in [0.2, 0.25) is 0 Å². The highest BCUT2D eigenvalue weighted by Crippen LogP contribution is 2.19. The van der Waals surface area contributed by atoms with Crippen LogP contribution in [0.1, 0.15) is 0 Å². The number of carbonyl (C=O) groups is 1. The second-order valence-electron chi connectivity index (χ2n) is 2.43. The SMILES string of the molecule is C#CC1CN(C)C(=O)C1=C. The van der Waals surface area contributed by atoms with Gasteiger partial charge in [-0.25, -0.2) is 0 Å². The highest BCUT2D eigenvalue weighted by Gasteiger charge is 2.29. The van der Waals surface area contributed by atoms with Crippen molar-refractivity contribution in [3.63, 3.8) is 0 Å². The van der Waals surface area contributed by atoms with E-state index in [-0.39, 0.29) is 11.8 Å². The smallest absolute Gasteiger partial charge is 0.250 e. The summed E-state index contributed by atoms with van der Waals surface area (Å²) in [4.78, 5) is 12.6. The van der Waals surface area contributed by atoms with Gasteiger partial charge in [0, 0.05) is 19.2 Å². The fourth-order valence-electron chi connectivity index (χ4n) is 1.01. The molecule has 0 saturated carbocycles. The van der Waals surface area contributed by atoms with Crippen LogP contribution in [-0.2, 0) is 4.79 Å². The Morgan fingerprint density at radius 1 is 1.90 bits per heavy atom. The molecule has 52 valence electrons. The standard InChI is InChI=1S/C8H9NO/c1-4-7-5-9(3)8(10)6(7)2/h1,7H,2,5H2,3H3. The first-order valence-electron chi connectivity index (χ1n) is 3.07. The van der Waals surface area contributed by atoms with E-state index < -0.39 is 0 Å². The van der Waals surface area contributed by atoms with Gasteiger partial charge in [0.05, 0.1) is 5.92 Å². The average molecular weight is 135 g/mol. The third-order valence-electron chi connectivity index (χ3n) is 1.70. The van der Waals surface area contributed by atoms with E-state index in [1.54, 1.807) is 11.9 Å². The molecule has 0 spiro atoms. The molecule has 1 rings (SSSR count). The normalized spacial score (nSPS) is 25.2. The van der Waals surface area contributed by atoms with Crippen molar-refractivity contribution < 1.29 is 4.79 Å². The summed E-state index contributed by atoms with van der Waals surface area (Å²) >= 11 is 0. The molecular weight excluding hydrogens is 126 g/mol. The molecule has 2 heteroatoms. The first-order valence-corrected chi connectivity index (χ1v) is 3.07. The Morgan fingerprint density at radius 3 is 2.70 bits per heavy atom. The van der Waals surface area contributed by atoms with Gasteiger partial charge in [0.25, 0.3) is 0 Å². The van der Waals surface area contributed by atoms with Crippen molar-refractivity contribution in [1.29, 1.82) is 0 Å². The maximum absolute atomic E-state index is 11.0. The predicted molar refractivity (Wildman–Crippen MR) is 39.1 cm³/mol. The quantitative estimate of drug-likeness (QED) is 0.345. The van der Waals surface area contributed by atoms with Gasteiger partial charge >= 0.3 is 0 Å². The van der Waals surface area contributed by atoms with Crippen molar-refractivity contribution >= 4 is 5.91 Å². The van der Waals surface area contributed by atoms with Gasteiger partial charge in [-0.1, -0.05) is 12.5 Å². The molecule has 1 aliphatic heterocycles. The minimum absolute atomic E-state index is 0.0250. The van der Waals surface area contributed by atoms with Crippen molar-refractivity contribution in [2.45, 2.75) is 0 Å². The van der Waals surface area contributed by atoms with Crippen LogP contribution in [-0.4, -0.2) is 24.4 Å². The maximum Gasteiger partial charge on any atom is 0.250 e. The van der Waals surface area contributed by atoms with Gasteiger partial charge in [0.1, 0.15) is 0 Å². The van der Waals surface area contributed by atoms with Crippen LogP contribution in [0.3, 0.4) is 0 Å². The lowest BCUT2D eigenvalue weighted by Gasteiger charge is -2.03. The molecule has 0 radical (unpaired) electrons. The third kappa shape index (κ3) is 0.801. The van der Waals surface area contributed by atoms with E-state index in [2.05, 4.69) is 12.5 Å². The minimum Gasteiger partial charge on any atom is -0.340 e. The van der Waals surface area contributed by atoms with Gasteiger partial charge in [0.2, 0.25) is 5.91 Å². The predicted octanol–water partition coefficient (Wildman–Crippen LogP) is 0.264. The van der Waals surface area contributed by atoms with Crippen molar-refractivity contribution in [3.05, 3.63) is 12.2 Å². The summed E-state index contributed by atoms with van der Waals surface area (Å²) in [6, 6.07) is 0. The third-order valence-corrected chi connectivity index (χ3v) is 1.70. The molecule has 1 heterocycles. The van der Waals surface area contributed by atoms with E-state index >= 15 is 0 Å². The summed E-state index contributed by atoms with van der Waals surface area (Å²) in [6.45, 7) is 4.22. The van der Waals surface area contributed by atoms with E-state index in [9.17, 15) is 4.79 Å². The number of amides is 1. The fourth-order valence-corrected chi connectivity index (χ4v) is 1.01. The number of likely N-dealkylation sites (tertiary alicyclic amines) is 1. The van der Waals surface area contributed by atoms with Gasteiger partial charge in [-0.3, -0.25) is 4.79 Å². The molecule has 0 aromatic heterocycles. The number of hydrogen-bond acceptors (Lipinski definition) is 1. The van der Waals surface area contributed by atoms with Crippen LogP contribution in [0.25, 0.3) is 0 Å². The van der Waals surface area contributed by atoms with Crippen molar-refractivity contribution in [2.24, 2.45) is 5.92 Å². The molecule has 1 atom stereocenters. The van der Waals surface area contributed by atoms with Crippen LogP contribution in [0.5, 0.6) is 0 Å². The van der Waals surface area contributed by atoms with Crippen LogP contribution in [0.4, 0.5) is 0 Å². The van der Waals surface area contributed by atoms with Gasteiger partial charge in [0.15, 0.2) is 0 Å². The largest absolute Gasteiger partial charge is 0.340 e. The van der Waals surface area contributed by atoms with E-state index in [1.165, 1.54) is 0 Å². The van der Waals surface area contributed by atoms with Crippen LogP contribution >= 0.6 is 0 Å². The maximum atomic E-state index is 11.0. The lowest BCUT2D eigenvalue weighted by molar-refractivity contribution is -0.123. The second-order valence-corrected chi connectivity index (χ2v) is 2.43. The molecule has 0 bridgehead atoms. The molecule has 1 saturated heterocycles. The Bertz CT molecular complexity index is 224. The lowest BCUT2D eigenvalue weighted by atomic mass is 10.1. The number of terminal acetylenes is 1. The molecule has 0 aromatic rings. The van der Waals surface area contributed by atoms with E-state index in [1.807, 2.05) is 0 Å². The summed E-state index contributed by atoms with van der Waals surface area (Å²) in [5, 5.41) is 0. The van der Waals surface area contributed by atoms with E-state index in [4.69, 9.17) is 6.42 Å². The molecule has 1 unspecified atom stereocenters. The van der Waals surface area contributed by atoms with Gasteiger partial charge in [-0.2, -0.15) is 0 Å². The molecule has 10 heavy (non-hydrogen) atoms. The Morgan fingerprint density at radius 2 is 2.50 bits per heavy atom. The summed E-state index contributed by atoms with van der Waals surface area (Å²) in [5.41, 5.74) is 0.546. The molecular formula is C8H9NO. The zero-order valence-electron chi connectivity index (χ0n) is 5.92. The Kier molecular flexibility index (Phi) is 1.50. The van der Waals surface area contributed by atoms with Gasteiger partial charge in [-0.05, 0) is 0 Å². The Hall–Kier alpha value is -1.23. The Balaban J connectivity index is 2.84. The van der Waals surface area contributed by atoms with Crippen molar-refractivity contribution in [2.75, 3.05) is 13.6 Å². The van der Waals surface area contributed by atoms with E-state index in [0.29, 0.717) is 12.1 Å². The number of hydrogen-bond donors (Lipinski definition) is 0. The number of nitrogens with zero attached hydrogens (tertiary/aromatic N) is 1. The number of carbonyl (C=O) groups excluding carboxylic acids is 1. The molecule has 2 nitrogen and oxygen atoms in total. The second kappa shape index (κ2) is 2.18.